The zero-order chi connectivity index (χ0) is 20.4. The fourth-order valence-electron chi connectivity index (χ4n) is 3.51. The van der Waals surface area contributed by atoms with Crippen molar-refractivity contribution in [2.75, 3.05) is 12.9 Å². The van der Waals surface area contributed by atoms with Gasteiger partial charge >= 0.3 is 11.9 Å². The van der Waals surface area contributed by atoms with Crippen molar-refractivity contribution >= 4 is 35.5 Å². The van der Waals surface area contributed by atoms with Crippen LogP contribution in [0.25, 0.3) is 0 Å². The van der Waals surface area contributed by atoms with Crippen molar-refractivity contribution in [3.63, 3.8) is 0 Å². The van der Waals surface area contributed by atoms with Gasteiger partial charge in [-0.25, -0.2) is 0 Å². The molecule has 0 spiro atoms. The number of rotatable bonds is 5. The van der Waals surface area contributed by atoms with Gasteiger partial charge in [-0.05, 0) is 18.4 Å². The van der Waals surface area contributed by atoms with Crippen LogP contribution in [0.3, 0.4) is 0 Å². The third kappa shape index (κ3) is 3.90. The molecule has 1 unspecified atom stereocenters. The van der Waals surface area contributed by atoms with Gasteiger partial charge < -0.3 is 14.2 Å². The first kappa shape index (κ1) is 20.3. The third-order valence-corrected chi connectivity index (χ3v) is 5.48. The van der Waals surface area contributed by atoms with E-state index in [1.165, 1.54) is 25.6 Å². The summed E-state index contributed by atoms with van der Waals surface area (Å²) in [5.41, 5.74) is -0.00667. The Morgan fingerprint density at radius 3 is 2.25 bits per heavy atom. The maximum Gasteiger partial charge on any atom is 0.302 e. The monoisotopic (exact) mass is 407 g/mol. The fourth-order valence-corrected chi connectivity index (χ4v) is 4.35. The van der Waals surface area contributed by atoms with Crippen LogP contribution in [-0.2, 0) is 23.8 Å². The standard InChI is InChI=1S/C19H21NO7S/c1-10(21)25-9-12-8-15(26-11(2)22)16(19(27-12)28-3)20-17(23)13-6-4-5-7-14(13)18(20)24/h4-7,12,15-16,19H,8-9H2,1-3H3/t12?,15-,16-,19-/m0/s1. The minimum atomic E-state index is -0.792. The molecule has 9 heteroatoms. The molecule has 3 rings (SSSR count). The zero-order valence-corrected chi connectivity index (χ0v) is 16.6. The van der Waals surface area contributed by atoms with Crippen molar-refractivity contribution in [3.8, 4) is 0 Å². The molecular weight excluding hydrogens is 386 g/mol. The lowest BCUT2D eigenvalue weighted by Crippen LogP contribution is -2.59. The van der Waals surface area contributed by atoms with Crippen LogP contribution in [0.4, 0.5) is 0 Å². The van der Waals surface area contributed by atoms with Gasteiger partial charge in [0, 0.05) is 20.3 Å². The summed E-state index contributed by atoms with van der Waals surface area (Å²) in [5.74, 6) is -1.86. The maximum absolute atomic E-state index is 12.9. The van der Waals surface area contributed by atoms with Gasteiger partial charge in [0.15, 0.2) is 0 Å². The zero-order valence-electron chi connectivity index (χ0n) is 15.7. The van der Waals surface area contributed by atoms with Crippen LogP contribution in [0.5, 0.6) is 0 Å². The molecule has 2 amide bonds. The first-order valence-corrected chi connectivity index (χ1v) is 10.1. The molecule has 1 saturated heterocycles. The van der Waals surface area contributed by atoms with Gasteiger partial charge in [-0.1, -0.05) is 12.1 Å². The van der Waals surface area contributed by atoms with Crippen LogP contribution >= 0.6 is 11.8 Å². The number of ether oxygens (including phenoxy) is 3. The number of esters is 2. The van der Waals surface area contributed by atoms with Crippen molar-refractivity contribution in [2.45, 2.75) is 44.0 Å². The highest BCUT2D eigenvalue weighted by Gasteiger charge is 2.51. The summed E-state index contributed by atoms with van der Waals surface area (Å²) in [5, 5.41) is 0. The van der Waals surface area contributed by atoms with Crippen molar-refractivity contribution in [1.29, 1.82) is 0 Å². The molecule has 2 aliphatic rings. The highest BCUT2D eigenvalue weighted by molar-refractivity contribution is 7.99. The lowest BCUT2D eigenvalue weighted by atomic mass is 9.99. The van der Waals surface area contributed by atoms with E-state index in [2.05, 4.69) is 0 Å². The molecule has 1 fully saturated rings. The van der Waals surface area contributed by atoms with Crippen molar-refractivity contribution in [2.24, 2.45) is 0 Å². The molecule has 1 aromatic carbocycles. The summed E-state index contributed by atoms with van der Waals surface area (Å²) in [6, 6.07) is 5.78. The van der Waals surface area contributed by atoms with Gasteiger partial charge in [0.25, 0.3) is 11.8 Å². The molecule has 0 bridgehead atoms. The van der Waals surface area contributed by atoms with Gasteiger partial charge in [0.1, 0.15) is 24.2 Å². The summed E-state index contributed by atoms with van der Waals surface area (Å²) >= 11 is 1.29. The normalized spacial score (nSPS) is 26.8. The van der Waals surface area contributed by atoms with Crippen molar-refractivity contribution < 1.29 is 33.4 Å². The first-order valence-electron chi connectivity index (χ1n) is 8.79. The molecule has 0 radical (unpaired) electrons. The van der Waals surface area contributed by atoms with Crippen LogP contribution in [0.15, 0.2) is 24.3 Å². The van der Waals surface area contributed by atoms with Crippen molar-refractivity contribution in [3.05, 3.63) is 35.4 Å². The third-order valence-electron chi connectivity index (χ3n) is 4.63. The summed E-state index contributed by atoms with van der Waals surface area (Å²) in [6.45, 7) is 2.56. The van der Waals surface area contributed by atoms with E-state index in [-0.39, 0.29) is 13.0 Å². The van der Waals surface area contributed by atoms with E-state index in [1.807, 2.05) is 0 Å². The predicted octanol–water partition coefficient (Wildman–Crippen LogP) is 1.62. The van der Waals surface area contributed by atoms with Crippen LogP contribution in [0, 0.1) is 0 Å². The molecule has 28 heavy (non-hydrogen) atoms. The molecule has 0 saturated carbocycles. The summed E-state index contributed by atoms with van der Waals surface area (Å²) in [6.07, 6.45) is 0.681. The molecule has 8 nitrogen and oxygen atoms in total. The van der Waals surface area contributed by atoms with Crippen molar-refractivity contribution in [1.82, 2.24) is 4.90 Å². The number of benzene rings is 1. The largest absolute Gasteiger partial charge is 0.463 e. The minimum Gasteiger partial charge on any atom is -0.463 e. The second-order valence-corrected chi connectivity index (χ2v) is 7.50. The van der Waals surface area contributed by atoms with Crippen LogP contribution in [-0.4, -0.2) is 65.2 Å². The van der Waals surface area contributed by atoms with E-state index < -0.39 is 47.4 Å². The average Bonchev–Trinajstić information content (AvgIpc) is 2.90. The van der Waals surface area contributed by atoms with E-state index >= 15 is 0 Å². The highest BCUT2D eigenvalue weighted by Crippen LogP contribution is 2.36. The number of thioether (sulfide) groups is 1. The second kappa shape index (κ2) is 8.32. The second-order valence-electron chi connectivity index (χ2n) is 6.56. The Hall–Kier alpha value is -2.39. The van der Waals surface area contributed by atoms with E-state index in [9.17, 15) is 19.2 Å². The molecule has 4 atom stereocenters. The molecule has 2 heterocycles. The van der Waals surface area contributed by atoms with E-state index in [4.69, 9.17) is 14.2 Å². The maximum atomic E-state index is 12.9. The molecular formula is C19H21NO7S. The van der Waals surface area contributed by atoms with Crippen LogP contribution in [0.1, 0.15) is 41.0 Å². The number of carbonyl (C=O) groups excluding carboxylic acids is 4. The Morgan fingerprint density at radius 1 is 1.14 bits per heavy atom. The number of fused-ring (bicyclic) bond motifs is 1. The fraction of sp³-hybridized carbons (Fsp3) is 0.474. The van der Waals surface area contributed by atoms with E-state index in [0.717, 1.165) is 4.90 Å². The number of hydrogen-bond acceptors (Lipinski definition) is 8. The topological polar surface area (TPSA) is 99.2 Å². The van der Waals surface area contributed by atoms with Gasteiger partial charge in [-0.2, -0.15) is 0 Å². The number of imide groups is 1. The summed E-state index contributed by atoms with van der Waals surface area (Å²) in [7, 11) is 0. The first-order chi connectivity index (χ1) is 13.3. The Morgan fingerprint density at radius 2 is 1.75 bits per heavy atom. The van der Waals surface area contributed by atoms with Crippen LogP contribution < -0.4 is 0 Å². The van der Waals surface area contributed by atoms with E-state index in [1.54, 1.807) is 30.5 Å². The van der Waals surface area contributed by atoms with Gasteiger partial charge in [-0.15, -0.1) is 11.8 Å². The Labute approximate surface area is 166 Å². The molecule has 2 aliphatic heterocycles. The lowest BCUT2D eigenvalue weighted by Gasteiger charge is -2.43. The van der Waals surface area contributed by atoms with Crippen LogP contribution in [0.2, 0.25) is 0 Å². The predicted molar refractivity (Wildman–Crippen MR) is 99.7 cm³/mol. The summed E-state index contributed by atoms with van der Waals surface area (Å²) < 4.78 is 16.4. The number of carbonyl (C=O) groups is 4. The molecule has 0 aromatic heterocycles. The SMILES string of the molecule is CS[C@@H]1OC(COC(C)=O)C[C@H](OC(C)=O)[C@@H]1N1C(=O)c2ccccc2C1=O. The van der Waals surface area contributed by atoms with Gasteiger partial charge in [-0.3, -0.25) is 24.1 Å². The minimum absolute atomic E-state index is 0.000996. The molecule has 0 aliphatic carbocycles. The molecule has 0 N–H and O–H groups in total. The molecule has 1 aromatic rings. The number of nitrogens with zero attached hydrogens (tertiary/aromatic N) is 1. The Bertz CT molecular complexity index is 776. The number of hydrogen-bond donors (Lipinski definition) is 0. The highest BCUT2D eigenvalue weighted by atomic mass is 32.2. The molecule has 150 valence electrons. The quantitative estimate of drug-likeness (QED) is 0.536. The Kier molecular flexibility index (Phi) is 6.04. The number of amides is 2. The smallest absolute Gasteiger partial charge is 0.302 e. The Balaban J connectivity index is 1.91. The summed E-state index contributed by atoms with van der Waals surface area (Å²) in [4.78, 5) is 49.8. The van der Waals surface area contributed by atoms with E-state index in [0.29, 0.717) is 11.1 Å². The average molecular weight is 407 g/mol. The van der Waals surface area contributed by atoms with Gasteiger partial charge in [0.05, 0.1) is 17.2 Å². The van der Waals surface area contributed by atoms with Gasteiger partial charge in [0.2, 0.25) is 0 Å². The lowest BCUT2D eigenvalue weighted by molar-refractivity contribution is -0.171.